The number of hydrogen-bond acceptors (Lipinski definition) is 3. The molecular formula is C8H15N3O2. The maximum absolute atomic E-state index is 11.4. The van der Waals surface area contributed by atoms with Gasteiger partial charge in [0.25, 0.3) is 0 Å². The molecular weight excluding hydrogens is 170 g/mol. The van der Waals surface area contributed by atoms with Crippen LogP contribution in [-0.4, -0.2) is 41.9 Å². The number of hydrogen-bond donors (Lipinski definition) is 2. The summed E-state index contributed by atoms with van der Waals surface area (Å²) in [4.78, 5) is 24.3. The Balaban J connectivity index is 2.83. The Labute approximate surface area is 77.3 Å². The van der Waals surface area contributed by atoms with Crippen LogP contribution in [0.4, 0.5) is 0 Å². The number of nitrogens with one attached hydrogen (secondary N) is 1. The van der Waals surface area contributed by atoms with Crippen LogP contribution in [0, 0.1) is 0 Å². The Bertz CT molecular complexity index is 238. The van der Waals surface area contributed by atoms with Crippen molar-refractivity contribution in [1.82, 2.24) is 10.2 Å². The maximum atomic E-state index is 11.4. The topological polar surface area (TPSA) is 75.4 Å². The van der Waals surface area contributed by atoms with E-state index in [-0.39, 0.29) is 18.4 Å². The van der Waals surface area contributed by atoms with Crippen molar-refractivity contribution in [3.63, 3.8) is 0 Å². The zero-order chi connectivity index (χ0) is 10.1. The minimum Gasteiger partial charge on any atom is -0.352 e. The SMILES string of the molecule is CC1(C)C(=O)NCCN1C(=O)CN. The Morgan fingerprint density at radius 1 is 1.69 bits per heavy atom. The lowest BCUT2D eigenvalue weighted by atomic mass is 9.99. The first kappa shape index (κ1) is 9.98. The summed E-state index contributed by atoms with van der Waals surface area (Å²) in [5.41, 5.74) is 4.48. The van der Waals surface area contributed by atoms with Crippen LogP contribution < -0.4 is 11.1 Å². The molecule has 74 valence electrons. The van der Waals surface area contributed by atoms with Gasteiger partial charge >= 0.3 is 0 Å². The van der Waals surface area contributed by atoms with E-state index in [2.05, 4.69) is 5.32 Å². The molecule has 1 aliphatic rings. The van der Waals surface area contributed by atoms with Crippen molar-refractivity contribution in [3.8, 4) is 0 Å². The smallest absolute Gasteiger partial charge is 0.245 e. The van der Waals surface area contributed by atoms with Gasteiger partial charge in [0, 0.05) is 13.1 Å². The molecule has 0 aliphatic carbocycles. The summed E-state index contributed by atoms with van der Waals surface area (Å²) in [5, 5.41) is 2.71. The normalized spacial score (nSPS) is 21.2. The van der Waals surface area contributed by atoms with Crippen LogP contribution in [0.5, 0.6) is 0 Å². The van der Waals surface area contributed by atoms with Gasteiger partial charge in [-0.05, 0) is 13.8 Å². The van der Waals surface area contributed by atoms with Crippen molar-refractivity contribution in [2.75, 3.05) is 19.6 Å². The van der Waals surface area contributed by atoms with Crippen molar-refractivity contribution in [1.29, 1.82) is 0 Å². The molecule has 0 aromatic rings. The third kappa shape index (κ3) is 1.65. The zero-order valence-electron chi connectivity index (χ0n) is 7.96. The number of nitrogens with zero attached hydrogens (tertiary/aromatic N) is 1. The van der Waals surface area contributed by atoms with Gasteiger partial charge in [0.05, 0.1) is 6.54 Å². The van der Waals surface area contributed by atoms with Crippen LogP contribution >= 0.6 is 0 Å². The van der Waals surface area contributed by atoms with Gasteiger partial charge in [-0.25, -0.2) is 0 Å². The summed E-state index contributed by atoms with van der Waals surface area (Å²) < 4.78 is 0. The van der Waals surface area contributed by atoms with E-state index in [9.17, 15) is 9.59 Å². The Kier molecular flexibility index (Phi) is 2.56. The molecule has 13 heavy (non-hydrogen) atoms. The van der Waals surface area contributed by atoms with Gasteiger partial charge in [0.2, 0.25) is 11.8 Å². The summed E-state index contributed by atoms with van der Waals surface area (Å²) in [5.74, 6) is -0.305. The first-order valence-corrected chi connectivity index (χ1v) is 4.29. The minimum atomic E-state index is -0.769. The molecule has 0 unspecified atom stereocenters. The second-order valence-electron chi connectivity index (χ2n) is 3.56. The monoisotopic (exact) mass is 185 g/mol. The highest BCUT2D eigenvalue weighted by Crippen LogP contribution is 2.16. The summed E-state index contributed by atoms with van der Waals surface area (Å²) in [6, 6.07) is 0. The van der Waals surface area contributed by atoms with Gasteiger partial charge in [-0.3, -0.25) is 9.59 Å². The standard InChI is InChI=1S/C8H15N3O2/c1-8(2)7(13)10-3-4-11(8)6(12)5-9/h3-5,9H2,1-2H3,(H,10,13). The molecule has 0 atom stereocenters. The molecule has 0 aromatic carbocycles. The highest BCUT2D eigenvalue weighted by Gasteiger charge is 2.39. The molecule has 5 nitrogen and oxygen atoms in total. The second-order valence-corrected chi connectivity index (χ2v) is 3.56. The largest absolute Gasteiger partial charge is 0.352 e. The molecule has 1 aliphatic heterocycles. The van der Waals surface area contributed by atoms with Crippen molar-refractivity contribution < 1.29 is 9.59 Å². The summed E-state index contributed by atoms with van der Waals surface area (Å²) in [7, 11) is 0. The van der Waals surface area contributed by atoms with E-state index < -0.39 is 5.54 Å². The molecule has 5 heteroatoms. The van der Waals surface area contributed by atoms with Crippen LogP contribution in [-0.2, 0) is 9.59 Å². The van der Waals surface area contributed by atoms with E-state index in [0.717, 1.165) is 0 Å². The van der Waals surface area contributed by atoms with Crippen molar-refractivity contribution in [3.05, 3.63) is 0 Å². The summed E-state index contributed by atoms with van der Waals surface area (Å²) in [6.45, 7) is 4.43. The Morgan fingerprint density at radius 2 is 2.31 bits per heavy atom. The molecule has 1 fully saturated rings. The van der Waals surface area contributed by atoms with Crippen LogP contribution in [0.1, 0.15) is 13.8 Å². The van der Waals surface area contributed by atoms with E-state index in [1.165, 1.54) is 4.90 Å². The lowest BCUT2D eigenvalue weighted by molar-refractivity contribution is -0.148. The lowest BCUT2D eigenvalue weighted by Gasteiger charge is -2.40. The van der Waals surface area contributed by atoms with E-state index >= 15 is 0 Å². The molecule has 0 saturated carbocycles. The zero-order valence-corrected chi connectivity index (χ0v) is 7.96. The Morgan fingerprint density at radius 3 is 2.85 bits per heavy atom. The molecule has 1 heterocycles. The number of carbonyl (C=O) groups is 2. The molecule has 0 aromatic heterocycles. The number of nitrogens with two attached hydrogens (primary N) is 1. The minimum absolute atomic E-state index is 0.0449. The first-order valence-electron chi connectivity index (χ1n) is 4.29. The number of piperazine rings is 1. The average Bonchev–Trinajstić information content (AvgIpc) is 2.08. The lowest BCUT2D eigenvalue weighted by Crippen LogP contribution is -2.64. The van der Waals surface area contributed by atoms with Gasteiger partial charge in [0.15, 0.2) is 0 Å². The van der Waals surface area contributed by atoms with Crippen molar-refractivity contribution in [2.45, 2.75) is 19.4 Å². The van der Waals surface area contributed by atoms with Crippen LogP contribution in [0.25, 0.3) is 0 Å². The predicted molar refractivity (Wildman–Crippen MR) is 47.9 cm³/mol. The van der Waals surface area contributed by atoms with E-state index in [4.69, 9.17) is 5.73 Å². The maximum Gasteiger partial charge on any atom is 0.245 e. The van der Waals surface area contributed by atoms with Gasteiger partial charge in [-0.1, -0.05) is 0 Å². The van der Waals surface area contributed by atoms with Crippen LogP contribution in [0.3, 0.4) is 0 Å². The van der Waals surface area contributed by atoms with Gasteiger partial charge < -0.3 is 16.0 Å². The quantitative estimate of drug-likeness (QED) is 0.532. The highest BCUT2D eigenvalue weighted by molar-refractivity contribution is 5.92. The average molecular weight is 185 g/mol. The van der Waals surface area contributed by atoms with Gasteiger partial charge in [-0.15, -0.1) is 0 Å². The van der Waals surface area contributed by atoms with Crippen molar-refractivity contribution in [2.24, 2.45) is 5.73 Å². The summed E-state index contributed by atoms with van der Waals surface area (Å²) >= 11 is 0. The highest BCUT2D eigenvalue weighted by atomic mass is 16.2. The van der Waals surface area contributed by atoms with Crippen molar-refractivity contribution >= 4 is 11.8 Å². The second kappa shape index (κ2) is 3.33. The number of amides is 2. The fraction of sp³-hybridized carbons (Fsp3) is 0.750. The van der Waals surface area contributed by atoms with Gasteiger partial charge in [0.1, 0.15) is 5.54 Å². The number of carbonyl (C=O) groups excluding carboxylic acids is 2. The number of rotatable bonds is 1. The third-order valence-electron chi connectivity index (χ3n) is 2.33. The third-order valence-corrected chi connectivity index (χ3v) is 2.33. The Hall–Kier alpha value is -1.10. The molecule has 2 amide bonds. The first-order chi connectivity index (χ1) is 6.00. The summed E-state index contributed by atoms with van der Waals surface area (Å²) in [6.07, 6.45) is 0. The molecule has 3 N–H and O–H groups in total. The fourth-order valence-electron chi connectivity index (χ4n) is 1.45. The molecule has 0 bridgehead atoms. The molecule has 0 spiro atoms. The van der Waals surface area contributed by atoms with E-state index in [1.54, 1.807) is 13.8 Å². The van der Waals surface area contributed by atoms with Crippen LogP contribution in [0.2, 0.25) is 0 Å². The molecule has 0 radical (unpaired) electrons. The van der Waals surface area contributed by atoms with Crippen LogP contribution in [0.15, 0.2) is 0 Å². The van der Waals surface area contributed by atoms with E-state index in [1.807, 2.05) is 0 Å². The predicted octanol–water partition coefficient (Wildman–Crippen LogP) is -1.32. The molecule has 1 saturated heterocycles. The van der Waals surface area contributed by atoms with Gasteiger partial charge in [-0.2, -0.15) is 0 Å². The van der Waals surface area contributed by atoms with E-state index in [0.29, 0.717) is 13.1 Å². The molecule has 1 rings (SSSR count). The fourth-order valence-corrected chi connectivity index (χ4v) is 1.45.